The fourth-order valence-corrected chi connectivity index (χ4v) is 3.34. The number of carbonyl (C=O) groups is 1. The molecule has 1 fully saturated rings. The number of aliphatic hydroxyl groups is 1. The van der Waals surface area contributed by atoms with Crippen molar-refractivity contribution in [2.75, 3.05) is 24.5 Å². The standard InChI is InChI=1S/C14H23N3O2S/c1-5-17(11(4)18)13-15-12(7-20-13)6-16-8-14(19,9-16)10(2)3/h7,10,19H,5-6,8-9H2,1-4H3. The summed E-state index contributed by atoms with van der Waals surface area (Å²) in [5.41, 5.74) is 0.420. The Kier molecular flexibility index (Phi) is 4.46. The van der Waals surface area contributed by atoms with Crippen LogP contribution >= 0.6 is 11.3 Å². The summed E-state index contributed by atoms with van der Waals surface area (Å²) in [4.78, 5) is 19.9. The van der Waals surface area contributed by atoms with Crippen molar-refractivity contribution in [3.63, 3.8) is 0 Å². The van der Waals surface area contributed by atoms with Crippen molar-refractivity contribution in [1.82, 2.24) is 9.88 Å². The second kappa shape index (κ2) is 5.79. The molecule has 1 aliphatic heterocycles. The number of hydrogen-bond acceptors (Lipinski definition) is 5. The zero-order valence-electron chi connectivity index (χ0n) is 12.6. The van der Waals surface area contributed by atoms with E-state index in [2.05, 4.69) is 9.88 Å². The second-order valence-corrected chi connectivity index (χ2v) is 6.62. The number of nitrogens with zero attached hydrogens (tertiary/aromatic N) is 3. The molecule has 2 rings (SSSR count). The first kappa shape index (κ1) is 15.4. The predicted octanol–water partition coefficient (Wildman–Crippen LogP) is 1.72. The van der Waals surface area contributed by atoms with E-state index in [1.807, 2.05) is 26.2 Å². The Bertz CT molecular complexity index is 481. The van der Waals surface area contributed by atoms with E-state index < -0.39 is 5.60 Å². The molecule has 20 heavy (non-hydrogen) atoms. The van der Waals surface area contributed by atoms with E-state index in [0.29, 0.717) is 19.6 Å². The summed E-state index contributed by atoms with van der Waals surface area (Å²) in [6, 6.07) is 0. The van der Waals surface area contributed by atoms with Gasteiger partial charge in [-0.2, -0.15) is 0 Å². The number of thiazole rings is 1. The minimum atomic E-state index is -0.548. The lowest BCUT2D eigenvalue weighted by Gasteiger charge is -2.49. The molecule has 0 atom stereocenters. The van der Waals surface area contributed by atoms with Crippen LogP contribution in [0.3, 0.4) is 0 Å². The number of aromatic nitrogens is 1. The number of rotatable bonds is 5. The van der Waals surface area contributed by atoms with E-state index in [-0.39, 0.29) is 11.8 Å². The van der Waals surface area contributed by atoms with Crippen LogP contribution < -0.4 is 4.90 Å². The van der Waals surface area contributed by atoms with E-state index in [4.69, 9.17) is 0 Å². The lowest BCUT2D eigenvalue weighted by molar-refractivity contribution is -0.131. The molecular formula is C14H23N3O2S. The smallest absolute Gasteiger partial charge is 0.225 e. The van der Waals surface area contributed by atoms with Gasteiger partial charge in [-0.15, -0.1) is 11.3 Å². The summed E-state index contributed by atoms with van der Waals surface area (Å²) in [7, 11) is 0. The molecule has 0 aliphatic carbocycles. The highest BCUT2D eigenvalue weighted by Crippen LogP contribution is 2.30. The highest BCUT2D eigenvalue weighted by Gasteiger charge is 2.43. The molecule has 1 aromatic heterocycles. The van der Waals surface area contributed by atoms with Gasteiger partial charge in [0.05, 0.1) is 11.3 Å². The van der Waals surface area contributed by atoms with E-state index >= 15 is 0 Å². The van der Waals surface area contributed by atoms with Crippen LogP contribution in [0.15, 0.2) is 5.38 Å². The molecule has 2 heterocycles. The number of carbonyl (C=O) groups excluding carboxylic acids is 1. The minimum absolute atomic E-state index is 0.0199. The summed E-state index contributed by atoms with van der Waals surface area (Å²) in [6.45, 7) is 10.4. The van der Waals surface area contributed by atoms with Gasteiger partial charge in [-0.05, 0) is 12.8 Å². The minimum Gasteiger partial charge on any atom is -0.387 e. The number of hydrogen-bond donors (Lipinski definition) is 1. The molecule has 0 saturated carbocycles. The summed E-state index contributed by atoms with van der Waals surface area (Å²) >= 11 is 1.50. The summed E-state index contributed by atoms with van der Waals surface area (Å²) in [5, 5.41) is 13.0. The maximum Gasteiger partial charge on any atom is 0.225 e. The maximum atomic E-state index is 11.5. The Labute approximate surface area is 124 Å². The molecular weight excluding hydrogens is 274 g/mol. The summed E-state index contributed by atoms with van der Waals surface area (Å²) in [5.74, 6) is 0.296. The first-order valence-electron chi connectivity index (χ1n) is 7.03. The van der Waals surface area contributed by atoms with Gasteiger partial charge >= 0.3 is 0 Å². The van der Waals surface area contributed by atoms with Crippen LogP contribution in [-0.4, -0.2) is 46.1 Å². The van der Waals surface area contributed by atoms with Crippen molar-refractivity contribution in [1.29, 1.82) is 0 Å². The fraction of sp³-hybridized carbons (Fsp3) is 0.714. The van der Waals surface area contributed by atoms with Crippen LogP contribution in [0, 0.1) is 5.92 Å². The SMILES string of the molecule is CCN(C(C)=O)c1nc(CN2CC(O)(C(C)C)C2)cs1. The maximum absolute atomic E-state index is 11.5. The van der Waals surface area contributed by atoms with Crippen LogP contribution in [0.25, 0.3) is 0 Å². The van der Waals surface area contributed by atoms with Gasteiger partial charge in [-0.3, -0.25) is 14.6 Å². The van der Waals surface area contributed by atoms with Crippen molar-refractivity contribution in [3.05, 3.63) is 11.1 Å². The topological polar surface area (TPSA) is 56.7 Å². The Morgan fingerprint density at radius 3 is 2.75 bits per heavy atom. The van der Waals surface area contributed by atoms with Crippen molar-refractivity contribution < 1.29 is 9.90 Å². The Morgan fingerprint density at radius 2 is 2.25 bits per heavy atom. The van der Waals surface area contributed by atoms with Gasteiger partial charge in [0.15, 0.2) is 5.13 Å². The predicted molar refractivity (Wildman–Crippen MR) is 80.9 cm³/mol. The third-order valence-corrected chi connectivity index (χ3v) is 4.83. The van der Waals surface area contributed by atoms with Gasteiger partial charge in [0.25, 0.3) is 0 Å². The van der Waals surface area contributed by atoms with E-state index in [0.717, 1.165) is 17.4 Å². The Hall–Kier alpha value is -0.980. The third-order valence-electron chi connectivity index (χ3n) is 3.92. The molecule has 112 valence electrons. The van der Waals surface area contributed by atoms with Crippen LogP contribution in [-0.2, 0) is 11.3 Å². The molecule has 0 aromatic carbocycles. The Morgan fingerprint density at radius 1 is 1.60 bits per heavy atom. The molecule has 1 aromatic rings. The Balaban J connectivity index is 1.93. The molecule has 6 heteroatoms. The molecule has 0 spiro atoms. The lowest BCUT2D eigenvalue weighted by atomic mass is 9.83. The number of amides is 1. The lowest BCUT2D eigenvalue weighted by Crippen LogP contribution is -2.63. The highest BCUT2D eigenvalue weighted by atomic mass is 32.1. The second-order valence-electron chi connectivity index (χ2n) is 5.79. The molecule has 1 aliphatic rings. The number of anilines is 1. The normalized spacial score (nSPS) is 18.1. The quantitative estimate of drug-likeness (QED) is 0.899. The molecule has 0 radical (unpaired) electrons. The largest absolute Gasteiger partial charge is 0.387 e. The third kappa shape index (κ3) is 3.02. The van der Waals surface area contributed by atoms with Crippen molar-refractivity contribution in [2.45, 2.75) is 39.8 Å². The zero-order valence-corrected chi connectivity index (χ0v) is 13.4. The number of likely N-dealkylation sites (tertiary alicyclic amines) is 1. The summed E-state index contributed by atoms with van der Waals surface area (Å²) in [6.07, 6.45) is 0. The van der Waals surface area contributed by atoms with Crippen LogP contribution in [0.4, 0.5) is 5.13 Å². The zero-order chi connectivity index (χ0) is 14.9. The average Bonchev–Trinajstić information content (AvgIpc) is 2.75. The van der Waals surface area contributed by atoms with E-state index in [9.17, 15) is 9.90 Å². The van der Waals surface area contributed by atoms with Gasteiger partial charge in [-0.1, -0.05) is 13.8 Å². The molecule has 1 saturated heterocycles. The van der Waals surface area contributed by atoms with Gasteiger partial charge in [0.2, 0.25) is 5.91 Å². The van der Waals surface area contributed by atoms with Gasteiger partial charge in [0, 0.05) is 38.5 Å². The van der Waals surface area contributed by atoms with Gasteiger partial charge in [-0.25, -0.2) is 4.98 Å². The molecule has 1 amide bonds. The molecule has 0 unspecified atom stereocenters. The first-order valence-corrected chi connectivity index (χ1v) is 7.91. The van der Waals surface area contributed by atoms with Crippen LogP contribution in [0.2, 0.25) is 0 Å². The van der Waals surface area contributed by atoms with E-state index in [1.165, 1.54) is 11.3 Å². The monoisotopic (exact) mass is 297 g/mol. The van der Waals surface area contributed by atoms with Crippen LogP contribution in [0.5, 0.6) is 0 Å². The van der Waals surface area contributed by atoms with Gasteiger partial charge < -0.3 is 5.11 Å². The van der Waals surface area contributed by atoms with Crippen molar-refractivity contribution in [3.8, 4) is 0 Å². The van der Waals surface area contributed by atoms with E-state index in [1.54, 1.807) is 11.8 Å². The van der Waals surface area contributed by atoms with Crippen molar-refractivity contribution >= 4 is 22.4 Å². The molecule has 1 N–H and O–H groups in total. The van der Waals surface area contributed by atoms with Gasteiger partial charge in [0.1, 0.15) is 0 Å². The first-order chi connectivity index (χ1) is 9.35. The fourth-order valence-electron chi connectivity index (χ4n) is 2.42. The highest BCUT2D eigenvalue weighted by molar-refractivity contribution is 7.14. The van der Waals surface area contributed by atoms with Crippen molar-refractivity contribution in [2.24, 2.45) is 5.92 Å². The molecule has 5 nitrogen and oxygen atoms in total. The number of β-amino-alcohol motifs (C(OH)–C–C–N with tert-alkyl or cyclic N) is 1. The summed E-state index contributed by atoms with van der Waals surface area (Å²) < 4.78 is 0. The molecule has 0 bridgehead atoms. The average molecular weight is 297 g/mol. The van der Waals surface area contributed by atoms with Crippen LogP contribution in [0.1, 0.15) is 33.4 Å².